The van der Waals surface area contributed by atoms with Crippen molar-refractivity contribution in [1.82, 2.24) is 19.4 Å². The van der Waals surface area contributed by atoms with Crippen molar-refractivity contribution in [2.75, 3.05) is 6.54 Å². The lowest BCUT2D eigenvalue weighted by molar-refractivity contribution is 0.291. The number of nitrogens with zero attached hydrogens (tertiary/aromatic N) is 3. The third-order valence-corrected chi connectivity index (χ3v) is 7.20. The van der Waals surface area contributed by atoms with Crippen molar-refractivity contribution in [3.63, 3.8) is 0 Å². The molecule has 0 unspecified atom stereocenters. The molecular weight excluding hydrogens is 432 g/mol. The van der Waals surface area contributed by atoms with Crippen LogP contribution in [0.1, 0.15) is 42.5 Å². The van der Waals surface area contributed by atoms with Gasteiger partial charge in [0.05, 0.1) is 17.0 Å². The third-order valence-electron chi connectivity index (χ3n) is 5.74. The molecule has 0 radical (unpaired) electrons. The molecule has 2 aromatic carbocycles. The largest absolute Gasteiger partial charge is 0.420 e. The van der Waals surface area contributed by atoms with E-state index in [4.69, 9.17) is 8.94 Å². The molecule has 166 valence electrons. The molecule has 0 spiro atoms. The van der Waals surface area contributed by atoms with Crippen molar-refractivity contribution in [2.24, 2.45) is 0 Å². The summed E-state index contributed by atoms with van der Waals surface area (Å²) in [6.07, 6.45) is 3.79. The summed E-state index contributed by atoms with van der Waals surface area (Å²) in [4.78, 5) is 16.8. The topological polar surface area (TPSA) is 120 Å². The summed E-state index contributed by atoms with van der Waals surface area (Å²) in [5, 5.41) is 3.96. The number of fused-ring (bicyclic) bond motifs is 1. The number of aromatic nitrogens is 3. The molecule has 4 aromatic rings. The van der Waals surface area contributed by atoms with Crippen molar-refractivity contribution >= 4 is 21.1 Å². The summed E-state index contributed by atoms with van der Waals surface area (Å²) in [6, 6.07) is 14.0. The molecule has 2 aromatic heterocycles. The zero-order valence-electron chi connectivity index (χ0n) is 17.2. The maximum atomic E-state index is 12.7. The van der Waals surface area contributed by atoms with Gasteiger partial charge in [-0.1, -0.05) is 41.9 Å². The van der Waals surface area contributed by atoms with Gasteiger partial charge >= 0.3 is 5.76 Å². The van der Waals surface area contributed by atoms with Crippen LogP contribution in [0.2, 0.25) is 0 Å². The highest BCUT2D eigenvalue weighted by atomic mass is 32.2. The van der Waals surface area contributed by atoms with Crippen molar-refractivity contribution in [1.29, 1.82) is 0 Å². The predicted octanol–water partition coefficient (Wildman–Crippen LogP) is 2.81. The number of nitrogens with one attached hydrogen (secondary N) is 1. The maximum Gasteiger partial charge on any atom is 0.420 e. The molecule has 0 atom stereocenters. The van der Waals surface area contributed by atoms with Crippen LogP contribution in [-0.2, 0) is 23.0 Å². The minimum Gasteiger partial charge on any atom is -0.408 e. The molecule has 2 heterocycles. The van der Waals surface area contributed by atoms with Crippen LogP contribution in [0.3, 0.4) is 0 Å². The van der Waals surface area contributed by atoms with Gasteiger partial charge in [0.1, 0.15) is 0 Å². The van der Waals surface area contributed by atoms with Gasteiger partial charge in [-0.15, -0.1) is 0 Å². The lowest BCUT2D eigenvalue weighted by atomic mass is 9.85. The number of hydrogen-bond donors (Lipinski definition) is 1. The Kier molecular flexibility index (Phi) is 5.40. The summed E-state index contributed by atoms with van der Waals surface area (Å²) in [5.74, 6) is 0.677. The van der Waals surface area contributed by atoms with Crippen LogP contribution in [0.4, 0.5) is 0 Å². The van der Waals surface area contributed by atoms with Crippen LogP contribution >= 0.6 is 0 Å². The van der Waals surface area contributed by atoms with Crippen LogP contribution in [0.5, 0.6) is 0 Å². The average molecular weight is 455 g/mol. The van der Waals surface area contributed by atoms with Gasteiger partial charge in [0.15, 0.2) is 11.4 Å². The second-order valence-electron chi connectivity index (χ2n) is 7.89. The first-order chi connectivity index (χ1) is 15.5. The Morgan fingerprint density at radius 2 is 1.94 bits per heavy atom. The third kappa shape index (κ3) is 4.11. The highest BCUT2D eigenvalue weighted by molar-refractivity contribution is 7.89. The van der Waals surface area contributed by atoms with Crippen molar-refractivity contribution < 1.29 is 17.4 Å². The van der Waals surface area contributed by atoms with E-state index in [9.17, 15) is 13.2 Å². The molecule has 1 N–H and O–H groups in total. The number of sulfonamides is 1. The predicted molar refractivity (Wildman–Crippen MR) is 116 cm³/mol. The fourth-order valence-corrected chi connectivity index (χ4v) is 4.76. The summed E-state index contributed by atoms with van der Waals surface area (Å²) in [7, 11) is -3.75. The minimum absolute atomic E-state index is 0.0331. The van der Waals surface area contributed by atoms with E-state index in [2.05, 4.69) is 14.9 Å². The van der Waals surface area contributed by atoms with Gasteiger partial charge in [0.2, 0.25) is 15.9 Å². The first-order valence-electron chi connectivity index (χ1n) is 10.5. The Morgan fingerprint density at radius 1 is 1.12 bits per heavy atom. The Balaban J connectivity index is 1.33. The molecule has 0 amide bonds. The molecule has 1 fully saturated rings. The van der Waals surface area contributed by atoms with Crippen molar-refractivity contribution in [3.8, 4) is 0 Å². The first kappa shape index (κ1) is 20.7. The molecular formula is C22H22N4O5S. The summed E-state index contributed by atoms with van der Waals surface area (Å²) < 4.78 is 39.9. The lowest BCUT2D eigenvalue weighted by Gasteiger charge is -2.20. The second kappa shape index (κ2) is 8.36. The fourth-order valence-electron chi connectivity index (χ4n) is 3.72. The summed E-state index contributed by atoms with van der Waals surface area (Å²) >= 11 is 0. The van der Waals surface area contributed by atoms with Gasteiger partial charge < -0.3 is 8.94 Å². The van der Waals surface area contributed by atoms with E-state index in [0.29, 0.717) is 29.6 Å². The molecule has 9 nitrogen and oxygen atoms in total. The number of oxazole rings is 1. The molecule has 1 aliphatic rings. The summed E-state index contributed by atoms with van der Waals surface area (Å²) in [5.41, 5.74) is 1.69. The van der Waals surface area contributed by atoms with Gasteiger partial charge in [0.25, 0.3) is 0 Å². The Labute approximate surface area is 184 Å². The SMILES string of the molecule is O=c1oc2cc(S(=O)(=O)NCCc3ccccc3)ccc2n1Cc1noc(C2CCC2)n1. The smallest absolute Gasteiger partial charge is 0.408 e. The minimum atomic E-state index is -3.75. The van der Waals surface area contributed by atoms with Crippen LogP contribution < -0.4 is 10.5 Å². The average Bonchev–Trinajstić information content (AvgIpc) is 3.31. The quantitative estimate of drug-likeness (QED) is 0.435. The normalized spacial score (nSPS) is 14.6. The lowest BCUT2D eigenvalue weighted by Crippen LogP contribution is -2.26. The summed E-state index contributed by atoms with van der Waals surface area (Å²) in [6.45, 7) is 0.347. The van der Waals surface area contributed by atoms with Crippen LogP contribution in [0.25, 0.3) is 11.1 Å². The number of rotatable bonds is 8. The van der Waals surface area contributed by atoms with E-state index in [1.807, 2.05) is 30.3 Å². The van der Waals surface area contributed by atoms with E-state index >= 15 is 0 Å². The molecule has 10 heteroatoms. The molecule has 1 saturated carbocycles. The monoisotopic (exact) mass is 454 g/mol. The Morgan fingerprint density at radius 3 is 2.69 bits per heavy atom. The van der Waals surface area contributed by atoms with E-state index in [-0.39, 0.29) is 23.6 Å². The van der Waals surface area contributed by atoms with Gasteiger partial charge in [-0.2, -0.15) is 4.98 Å². The molecule has 0 aliphatic heterocycles. The van der Waals surface area contributed by atoms with Crippen molar-refractivity contribution in [2.45, 2.75) is 43.0 Å². The van der Waals surface area contributed by atoms with Crippen LogP contribution in [0, 0.1) is 0 Å². The zero-order chi connectivity index (χ0) is 22.1. The standard InChI is InChI=1S/C22H22N4O5S/c27-22-26(14-20-24-21(31-25-20)16-7-4-8-16)18-10-9-17(13-19(18)30-22)32(28,29)23-12-11-15-5-2-1-3-6-15/h1-3,5-6,9-10,13,16,23H,4,7-8,11-12,14H2. The van der Waals surface area contributed by atoms with Gasteiger partial charge in [-0.25, -0.2) is 17.9 Å². The maximum absolute atomic E-state index is 12.7. The molecule has 1 aliphatic carbocycles. The van der Waals surface area contributed by atoms with Crippen molar-refractivity contribution in [3.05, 3.63) is 76.4 Å². The Hall–Kier alpha value is -3.24. The highest BCUT2D eigenvalue weighted by Crippen LogP contribution is 2.35. The fraction of sp³-hybridized carbons (Fsp3) is 0.318. The molecule has 5 rings (SSSR count). The van der Waals surface area contributed by atoms with E-state index in [1.54, 1.807) is 6.07 Å². The van der Waals surface area contributed by atoms with Gasteiger partial charge in [-0.3, -0.25) is 4.57 Å². The van der Waals surface area contributed by atoms with Crippen LogP contribution in [0.15, 0.2) is 67.2 Å². The number of hydrogen-bond acceptors (Lipinski definition) is 7. The van der Waals surface area contributed by atoms with E-state index in [1.165, 1.54) is 16.7 Å². The van der Waals surface area contributed by atoms with Gasteiger partial charge in [-0.05, 0) is 37.0 Å². The van der Waals surface area contributed by atoms with Crippen LogP contribution in [-0.4, -0.2) is 29.7 Å². The zero-order valence-corrected chi connectivity index (χ0v) is 18.0. The van der Waals surface area contributed by atoms with E-state index in [0.717, 1.165) is 24.8 Å². The second-order valence-corrected chi connectivity index (χ2v) is 9.66. The first-order valence-corrected chi connectivity index (χ1v) is 12.0. The molecule has 0 saturated heterocycles. The number of benzene rings is 2. The van der Waals surface area contributed by atoms with Gasteiger partial charge in [0, 0.05) is 18.5 Å². The molecule has 32 heavy (non-hydrogen) atoms. The molecule has 0 bridgehead atoms. The van der Waals surface area contributed by atoms with E-state index < -0.39 is 15.8 Å². The highest BCUT2D eigenvalue weighted by Gasteiger charge is 2.26. The Bertz CT molecular complexity index is 1400.